The first-order chi connectivity index (χ1) is 11.5. The third kappa shape index (κ3) is 4.83. The fourth-order valence-electron chi connectivity index (χ4n) is 3.34. The molecule has 132 valence electrons. The molecule has 2 rings (SSSR count). The summed E-state index contributed by atoms with van der Waals surface area (Å²) in [6.45, 7) is 7.29. The van der Waals surface area contributed by atoms with Gasteiger partial charge in [0.05, 0.1) is 12.0 Å². The third-order valence-electron chi connectivity index (χ3n) is 4.69. The molecule has 2 atom stereocenters. The van der Waals surface area contributed by atoms with Crippen LogP contribution in [0.5, 0.6) is 0 Å². The molecule has 0 spiro atoms. The Kier molecular flexibility index (Phi) is 6.83. The lowest BCUT2D eigenvalue weighted by Gasteiger charge is -2.34. The molecule has 0 aliphatic carbocycles. The maximum atomic E-state index is 12.7. The van der Waals surface area contributed by atoms with Gasteiger partial charge in [-0.25, -0.2) is 0 Å². The molecule has 1 saturated heterocycles. The number of piperidine rings is 1. The van der Waals surface area contributed by atoms with Crippen LogP contribution in [-0.2, 0) is 9.59 Å². The summed E-state index contributed by atoms with van der Waals surface area (Å²) in [6.07, 6.45) is 3.71. The van der Waals surface area contributed by atoms with Gasteiger partial charge in [0.25, 0.3) is 0 Å². The molecule has 1 N–H and O–H groups in total. The van der Waals surface area contributed by atoms with Gasteiger partial charge in [-0.1, -0.05) is 57.5 Å². The van der Waals surface area contributed by atoms with Gasteiger partial charge in [0.15, 0.2) is 0 Å². The van der Waals surface area contributed by atoms with E-state index < -0.39 is 0 Å². The second-order valence-corrected chi connectivity index (χ2v) is 7.04. The van der Waals surface area contributed by atoms with Gasteiger partial charge in [-0.2, -0.15) is 0 Å². The topological polar surface area (TPSA) is 49.4 Å². The molecule has 1 aromatic rings. The normalized spacial score (nSPS) is 19.2. The van der Waals surface area contributed by atoms with Gasteiger partial charge in [0.1, 0.15) is 0 Å². The lowest BCUT2D eigenvalue weighted by Crippen LogP contribution is -2.47. The quantitative estimate of drug-likeness (QED) is 0.867. The van der Waals surface area contributed by atoms with Crippen LogP contribution in [0.25, 0.3) is 0 Å². The molecule has 2 amide bonds. The van der Waals surface area contributed by atoms with Crippen molar-refractivity contribution in [3.8, 4) is 0 Å². The highest BCUT2D eigenvalue weighted by Crippen LogP contribution is 2.22. The average molecular weight is 330 g/mol. The van der Waals surface area contributed by atoms with E-state index in [0.29, 0.717) is 6.54 Å². The van der Waals surface area contributed by atoms with Crippen LogP contribution in [0.4, 0.5) is 0 Å². The standard InChI is InChI=1S/C20H30N2O2/c1-4-9-18(16-10-6-5-7-11-16)21-19(23)17-12-8-13-22(14-17)20(24)15(2)3/h5-7,10-11,15,17-18H,4,8-9,12-14H2,1-3H3,(H,21,23). The summed E-state index contributed by atoms with van der Waals surface area (Å²) < 4.78 is 0. The molecular weight excluding hydrogens is 300 g/mol. The first-order valence-electron chi connectivity index (χ1n) is 9.17. The first-order valence-corrected chi connectivity index (χ1v) is 9.17. The third-order valence-corrected chi connectivity index (χ3v) is 4.69. The van der Waals surface area contributed by atoms with Gasteiger partial charge in [-0.15, -0.1) is 0 Å². The second kappa shape index (κ2) is 8.86. The molecule has 24 heavy (non-hydrogen) atoms. The van der Waals surface area contributed by atoms with Crippen molar-refractivity contribution in [1.82, 2.24) is 10.2 Å². The Labute approximate surface area is 145 Å². The molecular formula is C20H30N2O2. The molecule has 1 heterocycles. The van der Waals surface area contributed by atoms with Crippen molar-refractivity contribution in [3.63, 3.8) is 0 Å². The zero-order valence-electron chi connectivity index (χ0n) is 15.1. The molecule has 0 saturated carbocycles. The summed E-state index contributed by atoms with van der Waals surface area (Å²) in [5, 5.41) is 3.22. The summed E-state index contributed by atoms with van der Waals surface area (Å²) in [7, 11) is 0. The van der Waals surface area contributed by atoms with Crippen LogP contribution < -0.4 is 5.32 Å². The van der Waals surface area contributed by atoms with E-state index in [0.717, 1.165) is 37.8 Å². The number of hydrogen-bond donors (Lipinski definition) is 1. The summed E-state index contributed by atoms with van der Waals surface area (Å²) in [4.78, 5) is 26.8. The zero-order chi connectivity index (χ0) is 17.5. The fourth-order valence-corrected chi connectivity index (χ4v) is 3.34. The Morgan fingerprint density at radius 1 is 1.25 bits per heavy atom. The van der Waals surface area contributed by atoms with Crippen molar-refractivity contribution in [2.75, 3.05) is 13.1 Å². The van der Waals surface area contributed by atoms with Gasteiger partial charge in [-0.05, 0) is 24.8 Å². The molecule has 4 nitrogen and oxygen atoms in total. The van der Waals surface area contributed by atoms with Crippen LogP contribution in [0.2, 0.25) is 0 Å². The Bertz CT molecular complexity index is 542. The minimum absolute atomic E-state index is 0.0102. The second-order valence-electron chi connectivity index (χ2n) is 7.04. The summed E-state index contributed by atoms with van der Waals surface area (Å²) >= 11 is 0. The van der Waals surface area contributed by atoms with E-state index in [1.807, 2.05) is 36.9 Å². The molecule has 1 aliphatic heterocycles. The number of amides is 2. The molecule has 0 aromatic heterocycles. The number of carbonyl (C=O) groups is 2. The highest BCUT2D eigenvalue weighted by atomic mass is 16.2. The Balaban J connectivity index is 2.00. The number of nitrogens with one attached hydrogen (secondary N) is 1. The monoisotopic (exact) mass is 330 g/mol. The van der Waals surface area contributed by atoms with Crippen LogP contribution in [0, 0.1) is 11.8 Å². The van der Waals surface area contributed by atoms with E-state index in [1.54, 1.807) is 0 Å². The number of nitrogens with zero attached hydrogens (tertiary/aromatic N) is 1. The maximum Gasteiger partial charge on any atom is 0.225 e. The van der Waals surface area contributed by atoms with Gasteiger partial charge in [0, 0.05) is 19.0 Å². The van der Waals surface area contributed by atoms with Crippen molar-refractivity contribution in [2.45, 2.75) is 52.5 Å². The smallest absolute Gasteiger partial charge is 0.225 e. The minimum Gasteiger partial charge on any atom is -0.349 e. The molecule has 1 aliphatic rings. The highest BCUT2D eigenvalue weighted by Gasteiger charge is 2.30. The lowest BCUT2D eigenvalue weighted by molar-refractivity contribution is -0.138. The lowest BCUT2D eigenvalue weighted by atomic mass is 9.94. The van der Waals surface area contributed by atoms with Gasteiger partial charge < -0.3 is 10.2 Å². The Hall–Kier alpha value is -1.84. The van der Waals surface area contributed by atoms with E-state index in [4.69, 9.17) is 0 Å². The first kappa shape index (κ1) is 18.5. The van der Waals surface area contributed by atoms with E-state index in [-0.39, 0.29) is 29.7 Å². The number of benzene rings is 1. The molecule has 1 fully saturated rings. The van der Waals surface area contributed by atoms with Crippen LogP contribution in [0.3, 0.4) is 0 Å². The average Bonchev–Trinajstić information content (AvgIpc) is 2.61. The minimum atomic E-state index is -0.0930. The molecule has 0 bridgehead atoms. The Morgan fingerprint density at radius 2 is 1.96 bits per heavy atom. The predicted octanol–water partition coefficient (Wildman–Crippen LogP) is 3.54. The van der Waals surface area contributed by atoms with E-state index in [2.05, 4.69) is 24.4 Å². The van der Waals surface area contributed by atoms with Crippen LogP contribution in [-0.4, -0.2) is 29.8 Å². The molecule has 2 unspecified atom stereocenters. The van der Waals surface area contributed by atoms with Crippen LogP contribution >= 0.6 is 0 Å². The SMILES string of the molecule is CCCC(NC(=O)C1CCCN(C(=O)C(C)C)C1)c1ccccc1. The van der Waals surface area contributed by atoms with Gasteiger partial charge in [0.2, 0.25) is 11.8 Å². The van der Waals surface area contributed by atoms with Crippen molar-refractivity contribution in [2.24, 2.45) is 11.8 Å². The maximum absolute atomic E-state index is 12.7. The molecule has 0 radical (unpaired) electrons. The molecule has 1 aromatic carbocycles. The number of carbonyl (C=O) groups excluding carboxylic acids is 2. The predicted molar refractivity (Wildman–Crippen MR) is 96.4 cm³/mol. The fraction of sp³-hybridized carbons (Fsp3) is 0.600. The summed E-state index contributed by atoms with van der Waals surface area (Å²) in [5.74, 6) is 0.132. The highest BCUT2D eigenvalue weighted by molar-refractivity contribution is 5.82. The van der Waals surface area contributed by atoms with E-state index >= 15 is 0 Å². The summed E-state index contributed by atoms with van der Waals surface area (Å²) in [5.41, 5.74) is 1.15. The number of likely N-dealkylation sites (tertiary alicyclic amines) is 1. The summed E-state index contributed by atoms with van der Waals surface area (Å²) in [6, 6.07) is 10.2. The van der Waals surface area contributed by atoms with Crippen molar-refractivity contribution in [1.29, 1.82) is 0 Å². The van der Waals surface area contributed by atoms with Crippen molar-refractivity contribution in [3.05, 3.63) is 35.9 Å². The van der Waals surface area contributed by atoms with E-state index in [1.165, 1.54) is 0 Å². The van der Waals surface area contributed by atoms with Crippen LogP contribution in [0.1, 0.15) is 58.1 Å². The van der Waals surface area contributed by atoms with E-state index in [9.17, 15) is 9.59 Å². The van der Waals surface area contributed by atoms with Crippen molar-refractivity contribution < 1.29 is 9.59 Å². The van der Waals surface area contributed by atoms with Gasteiger partial charge in [-0.3, -0.25) is 9.59 Å². The Morgan fingerprint density at radius 3 is 2.58 bits per heavy atom. The molecule has 4 heteroatoms. The number of rotatable bonds is 6. The van der Waals surface area contributed by atoms with Gasteiger partial charge >= 0.3 is 0 Å². The van der Waals surface area contributed by atoms with Crippen LogP contribution in [0.15, 0.2) is 30.3 Å². The largest absolute Gasteiger partial charge is 0.349 e. The number of hydrogen-bond acceptors (Lipinski definition) is 2. The van der Waals surface area contributed by atoms with Crippen molar-refractivity contribution >= 4 is 11.8 Å². The zero-order valence-corrected chi connectivity index (χ0v) is 15.1.